The van der Waals surface area contributed by atoms with Gasteiger partial charge < -0.3 is 19.2 Å². The smallest absolute Gasteiger partial charge is 0.259 e. The third-order valence-electron chi connectivity index (χ3n) is 6.23. The van der Waals surface area contributed by atoms with Crippen molar-refractivity contribution in [3.63, 3.8) is 0 Å². The van der Waals surface area contributed by atoms with Gasteiger partial charge in [-0.05, 0) is 51.2 Å². The zero-order valence-electron chi connectivity index (χ0n) is 17.4. The summed E-state index contributed by atoms with van der Waals surface area (Å²) in [7, 11) is 0. The van der Waals surface area contributed by atoms with Gasteiger partial charge >= 0.3 is 0 Å². The van der Waals surface area contributed by atoms with Crippen molar-refractivity contribution in [1.82, 2.24) is 14.8 Å². The number of rotatable bonds is 5. The molecule has 1 saturated heterocycles. The second kappa shape index (κ2) is 8.90. The van der Waals surface area contributed by atoms with Gasteiger partial charge in [0, 0.05) is 31.5 Å². The van der Waals surface area contributed by atoms with Crippen LogP contribution >= 0.6 is 0 Å². The molecule has 3 heterocycles. The van der Waals surface area contributed by atoms with Crippen LogP contribution in [0.2, 0.25) is 0 Å². The summed E-state index contributed by atoms with van der Waals surface area (Å²) in [5, 5.41) is 2.83. The fourth-order valence-electron chi connectivity index (χ4n) is 4.48. The SMILES string of the molecule is C[C@H](NC(=O)c1cn(C2CCCC2)cc(C(=O)N2CCCCC2)c1=O)c1ccco1. The second-order valence-corrected chi connectivity index (χ2v) is 8.36. The Morgan fingerprint density at radius 1 is 1.07 bits per heavy atom. The van der Waals surface area contributed by atoms with E-state index in [4.69, 9.17) is 4.42 Å². The largest absolute Gasteiger partial charge is 0.467 e. The Morgan fingerprint density at radius 2 is 1.77 bits per heavy atom. The van der Waals surface area contributed by atoms with Gasteiger partial charge in [-0.25, -0.2) is 0 Å². The fraction of sp³-hybridized carbons (Fsp3) is 0.522. The molecule has 1 N–H and O–H groups in total. The van der Waals surface area contributed by atoms with E-state index in [1.165, 1.54) is 0 Å². The molecule has 2 aromatic heterocycles. The lowest BCUT2D eigenvalue weighted by Crippen LogP contribution is -2.40. The quantitative estimate of drug-likeness (QED) is 0.813. The third-order valence-corrected chi connectivity index (χ3v) is 6.23. The molecule has 0 spiro atoms. The lowest BCUT2D eigenvalue weighted by Gasteiger charge is -2.27. The number of piperidine rings is 1. The maximum Gasteiger partial charge on any atom is 0.259 e. The normalized spacial score (nSPS) is 18.4. The standard InChI is InChI=1S/C23H29N3O4/c1-16(20-10-7-13-30-20)24-22(28)18-14-26(17-8-3-4-9-17)15-19(21(18)27)23(29)25-11-5-2-6-12-25/h7,10,13-17H,2-6,8-9,11-12H2,1H3,(H,24,28)/t16-/m0/s1. The molecule has 2 aliphatic rings. The van der Waals surface area contributed by atoms with Crippen molar-refractivity contribution in [1.29, 1.82) is 0 Å². The summed E-state index contributed by atoms with van der Waals surface area (Å²) in [4.78, 5) is 41.1. The number of hydrogen-bond acceptors (Lipinski definition) is 4. The van der Waals surface area contributed by atoms with Crippen LogP contribution < -0.4 is 10.7 Å². The van der Waals surface area contributed by atoms with Gasteiger partial charge in [0.1, 0.15) is 16.9 Å². The highest BCUT2D eigenvalue weighted by Gasteiger charge is 2.27. The number of pyridine rings is 1. The highest BCUT2D eigenvalue weighted by molar-refractivity contribution is 5.99. The van der Waals surface area contributed by atoms with E-state index in [-0.39, 0.29) is 29.1 Å². The van der Waals surface area contributed by atoms with Crippen LogP contribution in [-0.2, 0) is 0 Å². The van der Waals surface area contributed by atoms with Gasteiger partial charge in [0.05, 0.1) is 12.3 Å². The van der Waals surface area contributed by atoms with Gasteiger partial charge in [0.15, 0.2) is 0 Å². The van der Waals surface area contributed by atoms with Crippen LogP contribution in [0.1, 0.15) is 90.4 Å². The molecule has 160 valence electrons. The Morgan fingerprint density at radius 3 is 2.43 bits per heavy atom. The number of carbonyl (C=O) groups excluding carboxylic acids is 2. The van der Waals surface area contributed by atoms with E-state index in [9.17, 15) is 14.4 Å². The van der Waals surface area contributed by atoms with Gasteiger partial charge in [-0.1, -0.05) is 12.8 Å². The van der Waals surface area contributed by atoms with Crippen LogP contribution in [0, 0.1) is 0 Å². The van der Waals surface area contributed by atoms with E-state index in [1.807, 2.05) is 4.57 Å². The van der Waals surface area contributed by atoms with Crippen molar-refractivity contribution in [2.24, 2.45) is 0 Å². The minimum absolute atomic E-state index is 0.0168. The number of likely N-dealkylation sites (tertiary alicyclic amines) is 1. The van der Waals surface area contributed by atoms with Gasteiger partial charge in [0.2, 0.25) is 5.43 Å². The zero-order chi connectivity index (χ0) is 21.1. The van der Waals surface area contributed by atoms with Crippen molar-refractivity contribution in [2.45, 2.75) is 64.0 Å². The predicted octanol–water partition coefficient (Wildman–Crippen LogP) is 3.67. The Hall–Kier alpha value is -2.83. The molecule has 30 heavy (non-hydrogen) atoms. The second-order valence-electron chi connectivity index (χ2n) is 8.36. The molecule has 0 unspecified atom stereocenters. The molecule has 0 radical (unpaired) electrons. The summed E-state index contributed by atoms with van der Waals surface area (Å²) >= 11 is 0. The first-order chi connectivity index (χ1) is 14.5. The molecule has 2 amide bonds. The van der Waals surface area contributed by atoms with Crippen molar-refractivity contribution in [3.8, 4) is 0 Å². The number of nitrogens with one attached hydrogen (secondary N) is 1. The maximum absolute atomic E-state index is 13.2. The number of aromatic nitrogens is 1. The highest BCUT2D eigenvalue weighted by Crippen LogP contribution is 2.29. The predicted molar refractivity (Wildman–Crippen MR) is 113 cm³/mol. The average molecular weight is 412 g/mol. The Kier molecular flexibility index (Phi) is 6.06. The lowest BCUT2D eigenvalue weighted by molar-refractivity contribution is 0.0722. The van der Waals surface area contributed by atoms with Gasteiger partial charge in [-0.3, -0.25) is 14.4 Å². The number of nitrogens with zero attached hydrogens (tertiary/aromatic N) is 2. The molecular weight excluding hydrogens is 382 g/mol. The van der Waals surface area contributed by atoms with Crippen LogP contribution in [0.4, 0.5) is 0 Å². The van der Waals surface area contributed by atoms with E-state index in [2.05, 4.69) is 5.32 Å². The molecule has 1 atom stereocenters. The van der Waals surface area contributed by atoms with E-state index >= 15 is 0 Å². The molecule has 1 saturated carbocycles. The van der Waals surface area contributed by atoms with Crippen LogP contribution in [0.5, 0.6) is 0 Å². The molecule has 0 bridgehead atoms. The number of hydrogen-bond donors (Lipinski definition) is 1. The molecular formula is C23H29N3O4. The number of furan rings is 1. The van der Waals surface area contributed by atoms with Crippen molar-refractivity contribution >= 4 is 11.8 Å². The summed E-state index contributed by atoms with van der Waals surface area (Å²) in [6, 6.07) is 3.36. The fourth-order valence-corrected chi connectivity index (χ4v) is 4.48. The summed E-state index contributed by atoms with van der Waals surface area (Å²) in [5.74, 6) is -0.135. The maximum atomic E-state index is 13.2. The van der Waals surface area contributed by atoms with Crippen LogP contribution in [0.15, 0.2) is 40.0 Å². The third kappa shape index (κ3) is 4.20. The van der Waals surface area contributed by atoms with Crippen molar-refractivity contribution in [3.05, 3.63) is 57.9 Å². The highest BCUT2D eigenvalue weighted by atomic mass is 16.3. The molecule has 4 rings (SSSR count). The van der Waals surface area contributed by atoms with E-state index < -0.39 is 11.3 Å². The zero-order valence-corrected chi connectivity index (χ0v) is 17.4. The first kappa shape index (κ1) is 20.4. The monoisotopic (exact) mass is 411 g/mol. The number of amides is 2. The molecule has 2 fully saturated rings. The molecule has 1 aliphatic heterocycles. The minimum atomic E-state index is -0.496. The number of carbonyl (C=O) groups is 2. The van der Waals surface area contributed by atoms with Gasteiger partial charge in [-0.15, -0.1) is 0 Å². The minimum Gasteiger partial charge on any atom is -0.467 e. The van der Waals surface area contributed by atoms with E-state index in [0.29, 0.717) is 18.8 Å². The molecule has 7 nitrogen and oxygen atoms in total. The van der Waals surface area contributed by atoms with Crippen LogP contribution in [0.3, 0.4) is 0 Å². The Bertz CT molecular complexity index is 951. The first-order valence-corrected chi connectivity index (χ1v) is 10.9. The van der Waals surface area contributed by atoms with Crippen molar-refractivity contribution in [2.75, 3.05) is 13.1 Å². The first-order valence-electron chi connectivity index (χ1n) is 10.9. The summed E-state index contributed by atoms with van der Waals surface area (Å²) in [6.07, 6.45) is 12.0. The van der Waals surface area contributed by atoms with Gasteiger partial charge in [-0.2, -0.15) is 0 Å². The topological polar surface area (TPSA) is 84.5 Å². The Balaban J connectivity index is 1.67. The Labute approximate surface area is 176 Å². The van der Waals surface area contributed by atoms with Gasteiger partial charge in [0.25, 0.3) is 11.8 Å². The molecule has 1 aliphatic carbocycles. The molecule has 7 heteroatoms. The summed E-state index contributed by atoms with van der Waals surface area (Å²) in [5.41, 5.74) is -0.380. The lowest BCUT2D eigenvalue weighted by atomic mass is 10.1. The van der Waals surface area contributed by atoms with Crippen LogP contribution in [-0.4, -0.2) is 34.4 Å². The average Bonchev–Trinajstić information content (AvgIpc) is 3.48. The summed E-state index contributed by atoms with van der Waals surface area (Å²) in [6.45, 7) is 3.12. The van der Waals surface area contributed by atoms with Crippen molar-refractivity contribution < 1.29 is 14.0 Å². The van der Waals surface area contributed by atoms with Crippen LogP contribution in [0.25, 0.3) is 0 Å². The molecule has 0 aromatic carbocycles. The summed E-state index contributed by atoms with van der Waals surface area (Å²) < 4.78 is 7.26. The molecule has 2 aromatic rings. The van der Waals surface area contributed by atoms with E-state index in [1.54, 1.807) is 42.6 Å². The van der Waals surface area contributed by atoms with E-state index in [0.717, 1.165) is 44.9 Å².